The summed E-state index contributed by atoms with van der Waals surface area (Å²) in [5, 5.41) is 6.01. The lowest BCUT2D eigenvalue weighted by Gasteiger charge is -2.32. The predicted molar refractivity (Wildman–Crippen MR) is 95.9 cm³/mol. The number of carbonyl (C=O) groups excluding carboxylic acids is 2. The van der Waals surface area contributed by atoms with E-state index in [1.165, 1.54) is 11.1 Å². The molecule has 1 saturated heterocycles. The van der Waals surface area contributed by atoms with Crippen LogP contribution < -0.4 is 10.6 Å². The molecule has 0 radical (unpaired) electrons. The van der Waals surface area contributed by atoms with Gasteiger partial charge in [-0.15, -0.1) is 0 Å². The summed E-state index contributed by atoms with van der Waals surface area (Å²) in [4.78, 5) is 25.9. The summed E-state index contributed by atoms with van der Waals surface area (Å²) >= 11 is 0. The van der Waals surface area contributed by atoms with Gasteiger partial charge in [-0.25, -0.2) is 4.79 Å². The second kappa shape index (κ2) is 9.30. The molecule has 2 N–H and O–H groups in total. The molecule has 0 bridgehead atoms. The molecule has 1 aromatic rings. The van der Waals surface area contributed by atoms with E-state index in [1.807, 2.05) is 24.0 Å². The first-order valence-electron chi connectivity index (χ1n) is 8.96. The van der Waals surface area contributed by atoms with Crippen molar-refractivity contribution in [3.63, 3.8) is 0 Å². The van der Waals surface area contributed by atoms with E-state index in [0.29, 0.717) is 26.1 Å². The Morgan fingerprint density at radius 1 is 1.21 bits per heavy atom. The highest BCUT2D eigenvalue weighted by Crippen LogP contribution is 2.12. The molecule has 0 aliphatic carbocycles. The standard InChI is InChI=1S/C19H29N3O2/c1-3-12-20-19(24)22-13-10-17(11-14-22)21-18(23)9-8-16-7-5-4-6-15(16)2/h4-7,17H,3,8-14H2,1-2H3,(H,20,24)(H,21,23). The van der Waals surface area contributed by atoms with Crippen LogP contribution in [0.15, 0.2) is 24.3 Å². The second-order valence-corrected chi connectivity index (χ2v) is 6.49. The third-order valence-corrected chi connectivity index (χ3v) is 4.56. The molecule has 0 saturated carbocycles. The zero-order valence-corrected chi connectivity index (χ0v) is 14.8. The van der Waals surface area contributed by atoms with Gasteiger partial charge in [0.25, 0.3) is 0 Å². The van der Waals surface area contributed by atoms with E-state index in [2.05, 4.69) is 29.7 Å². The maximum absolute atomic E-state index is 12.1. The molecule has 132 valence electrons. The van der Waals surface area contributed by atoms with E-state index >= 15 is 0 Å². The topological polar surface area (TPSA) is 61.4 Å². The SMILES string of the molecule is CCCNC(=O)N1CCC(NC(=O)CCc2ccccc2C)CC1. The molecule has 1 aromatic carbocycles. The number of aryl methyl sites for hydroxylation is 2. The fourth-order valence-corrected chi connectivity index (χ4v) is 3.01. The van der Waals surface area contributed by atoms with Crippen molar-refractivity contribution in [1.82, 2.24) is 15.5 Å². The lowest BCUT2D eigenvalue weighted by molar-refractivity contribution is -0.122. The van der Waals surface area contributed by atoms with E-state index in [9.17, 15) is 9.59 Å². The van der Waals surface area contributed by atoms with E-state index in [0.717, 1.165) is 25.7 Å². The van der Waals surface area contributed by atoms with Crippen molar-refractivity contribution in [3.8, 4) is 0 Å². The minimum Gasteiger partial charge on any atom is -0.353 e. The highest BCUT2D eigenvalue weighted by molar-refractivity contribution is 5.77. The number of nitrogens with one attached hydrogen (secondary N) is 2. The molecule has 1 fully saturated rings. The quantitative estimate of drug-likeness (QED) is 0.842. The van der Waals surface area contributed by atoms with Gasteiger partial charge in [-0.1, -0.05) is 31.2 Å². The summed E-state index contributed by atoms with van der Waals surface area (Å²) in [6, 6.07) is 8.39. The Morgan fingerprint density at radius 3 is 2.58 bits per heavy atom. The van der Waals surface area contributed by atoms with Gasteiger partial charge in [0.05, 0.1) is 0 Å². The molecule has 5 heteroatoms. The van der Waals surface area contributed by atoms with Crippen LogP contribution in [-0.4, -0.2) is 42.5 Å². The van der Waals surface area contributed by atoms with Crippen molar-refractivity contribution >= 4 is 11.9 Å². The van der Waals surface area contributed by atoms with Crippen LogP contribution in [0, 0.1) is 6.92 Å². The number of benzene rings is 1. The number of urea groups is 1. The Kier molecular flexibility index (Phi) is 7.09. The molecule has 1 aliphatic heterocycles. The smallest absolute Gasteiger partial charge is 0.317 e. The summed E-state index contributed by atoms with van der Waals surface area (Å²) in [5.74, 6) is 0.104. The Labute approximate surface area is 144 Å². The van der Waals surface area contributed by atoms with Crippen LogP contribution in [0.1, 0.15) is 43.7 Å². The fourth-order valence-electron chi connectivity index (χ4n) is 3.01. The molecule has 2 rings (SSSR count). The molecule has 1 heterocycles. The molecule has 24 heavy (non-hydrogen) atoms. The number of hydrogen-bond donors (Lipinski definition) is 2. The van der Waals surface area contributed by atoms with Crippen LogP contribution in [-0.2, 0) is 11.2 Å². The molecular formula is C19H29N3O2. The predicted octanol–water partition coefficient (Wildman–Crippen LogP) is 2.63. The molecule has 0 aromatic heterocycles. The van der Waals surface area contributed by atoms with Crippen molar-refractivity contribution in [2.24, 2.45) is 0 Å². The first-order valence-corrected chi connectivity index (χ1v) is 8.96. The fraction of sp³-hybridized carbons (Fsp3) is 0.579. The lowest BCUT2D eigenvalue weighted by Crippen LogP contribution is -2.49. The zero-order chi connectivity index (χ0) is 17.4. The molecule has 3 amide bonds. The van der Waals surface area contributed by atoms with Gasteiger partial charge in [-0.3, -0.25) is 4.79 Å². The maximum atomic E-state index is 12.1. The van der Waals surface area contributed by atoms with Gasteiger partial charge in [-0.2, -0.15) is 0 Å². The van der Waals surface area contributed by atoms with Gasteiger partial charge in [0, 0.05) is 32.1 Å². The van der Waals surface area contributed by atoms with E-state index in [-0.39, 0.29) is 18.0 Å². The summed E-state index contributed by atoms with van der Waals surface area (Å²) in [6.07, 6.45) is 3.89. The number of likely N-dealkylation sites (tertiary alicyclic amines) is 1. The molecule has 0 unspecified atom stereocenters. The van der Waals surface area contributed by atoms with Crippen molar-refractivity contribution < 1.29 is 9.59 Å². The van der Waals surface area contributed by atoms with E-state index in [4.69, 9.17) is 0 Å². The highest BCUT2D eigenvalue weighted by Gasteiger charge is 2.23. The first kappa shape index (κ1) is 18.3. The number of piperidine rings is 1. The summed E-state index contributed by atoms with van der Waals surface area (Å²) in [7, 11) is 0. The Balaban J connectivity index is 1.69. The van der Waals surface area contributed by atoms with Gasteiger partial charge in [-0.05, 0) is 43.7 Å². The second-order valence-electron chi connectivity index (χ2n) is 6.49. The maximum Gasteiger partial charge on any atom is 0.317 e. The van der Waals surface area contributed by atoms with Crippen LogP contribution in [0.5, 0.6) is 0 Å². The third kappa shape index (κ3) is 5.55. The molecule has 1 aliphatic rings. The van der Waals surface area contributed by atoms with Crippen molar-refractivity contribution in [1.29, 1.82) is 0 Å². The Morgan fingerprint density at radius 2 is 1.92 bits per heavy atom. The summed E-state index contributed by atoms with van der Waals surface area (Å²) < 4.78 is 0. The van der Waals surface area contributed by atoms with Crippen LogP contribution in [0.4, 0.5) is 4.79 Å². The highest BCUT2D eigenvalue weighted by atomic mass is 16.2. The average molecular weight is 331 g/mol. The van der Waals surface area contributed by atoms with E-state index in [1.54, 1.807) is 0 Å². The normalized spacial score (nSPS) is 15.2. The molecule has 0 atom stereocenters. The zero-order valence-electron chi connectivity index (χ0n) is 14.8. The monoisotopic (exact) mass is 331 g/mol. The Bertz CT molecular complexity index is 551. The number of nitrogens with zero attached hydrogens (tertiary/aromatic N) is 1. The average Bonchev–Trinajstić information content (AvgIpc) is 2.59. The molecular weight excluding hydrogens is 302 g/mol. The minimum absolute atomic E-state index is 0.0150. The first-order chi connectivity index (χ1) is 11.6. The lowest BCUT2D eigenvalue weighted by atomic mass is 10.0. The van der Waals surface area contributed by atoms with E-state index < -0.39 is 0 Å². The molecule has 0 spiro atoms. The largest absolute Gasteiger partial charge is 0.353 e. The van der Waals surface area contributed by atoms with Gasteiger partial charge in [0.1, 0.15) is 0 Å². The summed E-state index contributed by atoms with van der Waals surface area (Å²) in [5.41, 5.74) is 2.46. The minimum atomic E-state index is 0.0150. The van der Waals surface area contributed by atoms with Crippen molar-refractivity contribution in [2.45, 2.75) is 52.0 Å². The van der Waals surface area contributed by atoms with Crippen LogP contribution in [0.3, 0.4) is 0 Å². The summed E-state index contributed by atoms with van der Waals surface area (Å²) in [6.45, 7) is 6.25. The van der Waals surface area contributed by atoms with Crippen molar-refractivity contribution in [3.05, 3.63) is 35.4 Å². The Hall–Kier alpha value is -2.04. The number of rotatable bonds is 6. The number of amides is 3. The number of carbonyl (C=O) groups is 2. The van der Waals surface area contributed by atoms with Crippen molar-refractivity contribution in [2.75, 3.05) is 19.6 Å². The number of hydrogen-bond acceptors (Lipinski definition) is 2. The van der Waals surface area contributed by atoms with Crippen LogP contribution >= 0.6 is 0 Å². The third-order valence-electron chi connectivity index (χ3n) is 4.56. The van der Waals surface area contributed by atoms with Crippen LogP contribution in [0.2, 0.25) is 0 Å². The molecule has 5 nitrogen and oxygen atoms in total. The van der Waals surface area contributed by atoms with Gasteiger partial charge in [0.2, 0.25) is 5.91 Å². The van der Waals surface area contributed by atoms with Gasteiger partial charge in [0.15, 0.2) is 0 Å². The van der Waals surface area contributed by atoms with Crippen LogP contribution in [0.25, 0.3) is 0 Å². The van der Waals surface area contributed by atoms with Gasteiger partial charge < -0.3 is 15.5 Å². The van der Waals surface area contributed by atoms with Gasteiger partial charge >= 0.3 is 6.03 Å².